The Morgan fingerprint density at radius 1 is 1.44 bits per heavy atom. The molecule has 0 aromatic rings. The van der Waals surface area contributed by atoms with Crippen LogP contribution in [-0.2, 0) is 4.74 Å². The molecule has 0 aromatic heterocycles. The van der Waals surface area contributed by atoms with E-state index in [4.69, 9.17) is 10.00 Å². The van der Waals surface area contributed by atoms with E-state index in [0.717, 1.165) is 0 Å². The molecule has 0 unspecified atom stereocenters. The van der Waals surface area contributed by atoms with Crippen molar-refractivity contribution < 1.29 is 9.53 Å². The van der Waals surface area contributed by atoms with Crippen LogP contribution in [0.15, 0.2) is 0 Å². The van der Waals surface area contributed by atoms with Crippen molar-refractivity contribution in [3.8, 4) is 6.19 Å². The molecule has 1 aliphatic rings. The first-order valence-corrected chi connectivity index (χ1v) is 5.48. The van der Waals surface area contributed by atoms with Gasteiger partial charge in [-0.2, -0.15) is 5.26 Å². The minimum atomic E-state index is -0.466. The second kappa shape index (κ2) is 4.60. The van der Waals surface area contributed by atoms with Gasteiger partial charge in [-0.05, 0) is 27.7 Å². The van der Waals surface area contributed by atoms with Crippen LogP contribution in [0, 0.1) is 11.5 Å². The maximum absolute atomic E-state index is 11.8. The van der Waals surface area contributed by atoms with Crippen LogP contribution in [0.3, 0.4) is 0 Å². The van der Waals surface area contributed by atoms with Gasteiger partial charge in [0, 0.05) is 19.6 Å². The lowest BCUT2D eigenvalue weighted by Crippen LogP contribution is -2.52. The minimum Gasteiger partial charge on any atom is -0.444 e. The van der Waals surface area contributed by atoms with Gasteiger partial charge in [0.05, 0.1) is 6.04 Å². The molecule has 0 spiro atoms. The van der Waals surface area contributed by atoms with Gasteiger partial charge in [0.15, 0.2) is 6.19 Å². The average Bonchev–Trinajstić information content (AvgIpc) is 2.15. The SMILES string of the molecule is C[C@H]1CN(C(=O)OC(C)(C)C)CCN1C#N. The fourth-order valence-corrected chi connectivity index (χ4v) is 1.60. The van der Waals surface area contributed by atoms with Gasteiger partial charge in [0.2, 0.25) is 0 Å². The standard InChI is InChI=1S/C11H19N3O2/c1-9-7-13(5-6-14(9)8-12)10(15)16-11(2,3)4/h9H,5-7H2,1-4H3/t9-/m0/s1. The number of amides is 1. The summed E-state index contributed by atoms with van der Waals surface area (Å²) in [6.45, 7) is 9.14. The van der Waals surface area contributed by atoms with E-state index in [1.165, 1.54) is 0 Å². The predicted molar refractivity (Wildman–Crippen MR) is 59.6 cm³/mol. The normalized spacial score (nSPS) is 21.6. The van der Waals surface area contributed by atoms with E-state index in [1.54, 1.807) is 9.80 Å². The third-order valence-corrected chi connectivity index (χ3v) is 2.41. The molecule has 0 aliphatic carbocycles. The van der Waals surface area contributed by atoms with Crippen molar-refractivity contribution in [1.82, 2.24) is 9.80 Å². The molecule has 16 heavy (non-hydrogen) atoms. The molecule has 0 saturated carbocycles. The highest BCUT2D eigenvalue weighted by Gasteiger charge is 2.29. The van der Waals surface area contributed by atoms with E-state index in [1.807, 2.05) is 27.7 Å². The highest BCUT2D eigenvalue weighted by Crippen LogP contribution is 2.14. The monoisotopic (exact) mass is 225 g/mol. The average molecular weight is 225 g/mol. The molecule has 1 heterocycles. The first-order chi connectivity index (χ1) is 7.33. The van der Waals surface area contributed by atoms with Crippen molar-refractivity contribution in [2.75, 3.05) is 19.6 Å². The Kier molecular flexibility index (Phi) is 3.63. The Hall–Kier alpha value is -1.44. The Bertz CT molecular complexity index is 303. The molecular weight excluding hydrogens is 206 g/mol. The Morgan fingerprint density at radius 3 is 2.50 bits per heavy atom. The van der Waals surface area contributed by atoms with E-state index < -0.39 is 5.60 Å². The minimum absolute atomic E-state index is 0.0614. The molecule has 0 N–H and O–H groups in total. The molecule has 1 aliphatic heterocycles. The Morgan fingerprint density at radius 2 is 2.06 bits per heavy atom. The molecule has 5 nitrogen and oxygen atoms in total. The first-order valence-electron chi connectivity index (χ1n) is 5.48. The van der Waals surface area contributed by atoms with Crippen molar-refractivity contribution in [3.05, 3.63) is 0 Å². The number of hydrogen-bond donors (Lipinski definition) is 0. The van der Waals surface area contributed by atoms with E-state index in [2.05, 4.69) is 6.19 Å². The number of carbonyl (C=O) groups excluding carboxylic acids is 1. The summed E-state index contributed by atoms with van der Waals surface area (Å²) in [6.07, 6.45) is 1.82. The van der Waals surface area contributed by atoms with Gasteiger partial charge in [-0.1, -0.05) is 0 Å². The summed E-state index contributed by atoms with van der Waals surface area (Å²) in [7, 11) is 0. The zero-order valence-corrected chi connectivity index (χ0v) is 10.4. The molecule has 1 amide bonds. The van der Waals surface area contributed by atoms with Crippen molar-refractivity contribution in [2.24, 2.45) is 0 Å². The first kappa shape index (κ1) is 12.6. The number of rotatable bonds is 0. The number of nitriles is 1. The largest absolute Gasteiger partial charge is 0.444 e. The molecule has 1 rings (SSSR count). The topological polar surface area (TPSA) is 56.6 Å². The van der Waals surface area contributed by atoms with Gasteiger partial charge in [0.1, 0.15) is 5.60 Å². The zero-order valence-electron chi connectivity index (χ0n) is 10.4. The van der Waals surface area contributed by atoms with Crippen LogP contribution in [0.2, 0.25) is 0 Å². The molecule has 1 saturated heterocycles. The van der Waals surface area contributed by atoms with E-state index >= 15 is 0 Å². The zero-order chi connectivity index (χ0) is 12.3. The number of hydrogen-bond acceptors (Lipinski definition) is 4. The number of nitrogens with zero attached hydrogens (tertiary/aromatic N) is 3. The lowest BCUT2D eigenvalue weighted by atomic mass is 10.2. The van der Waals surface area contributed by atoms with Crippen LogP contribution in [0.1, 0.15) is 27.7 Å². The lowest BCUT2D eigenvalue weighted by molar-refractivity contribution is 0.0122. The number of ether oxygens (including phenoxy) is 1. The number of piperazine rings is 1. The van der Waals surface area contributed by atoms with Crippen LogP contribution >= 0.6 is 0 Å². The smallest absolute Gasteiger partial charge is 0.410 e. The quantitative estimate of drug-likeness (QED) is 0.585. The van der Waals surface area contributed by atoms with Crippen LogP contribution < -0.4 is 0 Å². The molecule has 1 fully saturated rings. The van der Waals surface area contributed by atoms with E-state index in [-0.39, 0.29) is 12.1 Å². The van der Waals surface area contributed by atoms with Gasteiger partial charge in [-0.3, -0.25) is 0 Å². The molecule has 90 valence electrons. The third kappa shape index (κ3) is 3.30. The summed E-state index contributed by atoms with van der Waals surface area (Å²) in [5.41, 5.74) is -0.466. The maximum atomic E-state index is 11.8. The van der Waals surface area contributed by atoms with E-state index in [9.17, 15) is 4.79 Å². The Balaban J connectivity index is 2.52. The van der Waals surface area contributed by atoms with Crippen LogP contribution in [0.25, 0.3) is 0 Å². The Labute approximate surface area is 96.6 Å². The molecule has 0 aromatic carbocycles. The van der Waals surface area contributed by atoms with Gasteiger partial charge >= 0.3 is 6.09 Å². The molecule has 0 bridgehead atoms. The van der Waals surface area contributed by atoms with Crippen LogP contribution in [-0.4, -0.2) is 47.2 Å². The predicted octanol–water partition coefficient (Wildman–Crippen LogP) is 1.41. The fraction of sp³-hybridized carbons (Fsp3) is 0.818. The van der Waals surface area contributed by atoms with Crippen molar-refractivity contribution in [1.29, 1.82) is 5.26 Å². The summed E-state index contributed by atoms with van der Waals surface area (Å²) < 4.78 is 5.28. The summed E-state index contributed by atoms with van der Waals surface area (Å²) in [4.78, 5) is 15.1. The second-order valence-electron chi connectivity index (χ2n) is 5.07. The molecule has 1 atom stereocenters. The van der Waals surface area contributed by atoms with Crippen molar-refractivity contribution in [2.45, 2.75) is 39.3 Å². The van der Waals surface area contributed by atoms with Crippen molar-refractivity contribution >= 4 is 6.09 Å². The lowest BCUT2D eigenvalue weighted by Gasteiger charge is -2.37. The van der Waals surface area contributed by atoms with Gasteiger partial charge in [0.25, 0.3) is 0 Å². The number of carbonyl (C=O) groups is 1. The molecule has 0 radical (unpaired) electrons. The molecular formula is C11H19N3O2. The summed E-state index contributed by atoms with van der Waals surface area (Å²) in [6, 6.07) is 0.0614. The second-order valence-corrected chi connectivity index (χ2v) is 5.07. The third-order valence-electron chi connectivity index (χ3n) is 2.41. The van der Waals surface area contributed by atoms with Gasteiger partial charge in [-0.25, -0.2) is 4.79 Å². The maximum Gasteiger partial charge on any atom is 0.410 e. The van der Waals surface area contributed by atoms with Gasteiger partial charge < -0.3 is 14.5 Å². The fourth-order valence-electron chi connectivity index (χ4n) is 1.60. The van der Waals surface area contributed by atoms with Crippen molar-refractivity contribution in [3.63, 3.8) is 0 Å². The van der Waals surface area contributed by atoms with Crippen LogP contribution in [0.5, 0.6) is 0 Å². The van der Waals surface area contributed by atoms with E-state index in [0.29, 0.717) is 19.6 Å². The summed E-state index contributed by atoms with van der Waals surface area (Å²) in [5.74, 6) is 0. The van der Waals surface area contributed by atoms with Crippen LogP contribution in [0.4, 0.5) is 4.79 Å². The summed E-state index contributed by atoms with van der Waals surface area (Å²) in [5, 5.41) is 8.81. The summed E-state index contributed by atoms with van der Waals surface area (Å²) >= 11 is 0. The highest BCUT2D eigenvalue weighted by molar-refractivity contribution is 5.68. The molecule has 5 heteroatoms. The van der Waals surface area contributed by atoms with Gasteiger partial charge in [-0.15, -0.1) is 0 Å². The highest BCUT2D eigenvalue weighted by atomic mass is 16.6.